The van der Waals surface area contributed by atoms with E-state index in [0.29, 0.717) is 6.61 Å². The number of ether oxygens (including phenoxy) is 1. The molecule has 0 amide bonds. The van der Waals surface area contributed by atoms with Gasteiger partial charge in [0.25, 0.3) is 0 Å². The molecule has 2 nitrogen and oxygen atoms in total. The first-order valence-electron chi connectivity index (χ1n) is 3.01. The van der Waals surface area contributed by atoms with Crippen LogP contribution in [0.25, 0.3) is 0 Å². The predicted molar refractivity (Wildman–Crippen MR) is 34.6 cm³/mol. The maximum absolute atomic E-state index is 5.13. The summed E-state index contributed by atoms with van der Waals surface area (Å²) in [6.45, 7) is 4.53. The van der Waals surface area contributed by atoms with Crippen molar-refractivity contribution in [2.45, 2.75) is 13.8 Å². The number of hydrogen-bond donors (Lipinski definition) is 0. The van der Waals surface area contributed by atoms with Crippen molar-refractivity contribution >= 4 is 0 Å². The second kappa shape index (κ2) is 2.58. The Morgan fingerprint density at radius 3 is 2.89 bits per heavy atom. The minimum absolute atomic E-state index is 0.693. The molecule has 0 fully saturated rings. The van der Waals surface area contributed by atoms with Crippen LogP contribution >= 0.6 is 0 Å². The van der Waals surface area contributed by atoms with Crippen LogP contribution in [0, 0.1) is 6.92 Å². The summed E-state index contributed by atoms with van der Waals surface area (Å²) in [7, 11) is 0. The van der Waals surface area contributed by atoms with Gasteiger partial charge in [0.15, 0.2) is 5.75 Å². The van der Waals surface area contributed by atoms with Crippen LogP contribution in [0.5, 0.6) is 5.75 Å². The van der Waals surface area contributed by atoms with Crippen molar-refractivity contribution in [1.82, 2.24) is 0 Å². The van der Waals surface area contributed by atoms with Crippen molar-refractivity contribution in [3.63, 3.8) is 0 Å². The van der Waals surface area contributed by atoms with Crippen LogP contribution in [0.1, 0.15) is 12.7 Å². The summed E-state index contributed by atoms with van der Waals surface area (Å²) in [4.78, 5) is 0. The van der Waals surface area contributed by atoms with E-state index in [4.69, 9.17) is 9.15 Å². The minimum Gasteiger partial charge on any atom is -0.491 e. The zero-order chi connectivity index (χ0) is 6.69. The van der Waals surface area contributed by atoms with Crippen LogP contribution in [0.3, 0.4) is 0 Å². The van der Waals surface area contributed by atoms with E-state index in [1.807, 2.05) is 19.9 Å². The molecule has 0 saturated heterocycles. The highest BCUT2D eigenvalue weighted by Gasteiger charge is 1.94. The van der Waals surface area contributed by atoms with E-state index in [1.165, 1.54) is 0 Å². The van der Waals surface area contributed by atoms with Gasteiger partial charge < -0.3 is 9.15 Å². The SMILES string of the molecule is CCOc1coc(C)c1. The smallest absolute Gasteiger partial charge is 0.157 e. The summed E-state index contributed by atoms with van der Waals surface area (Å²) in [5.41, 5.74) is 0. The molecule has 0 aliphatic heterocycles. The van der Waals surface area contributed by atoms with Crippen LogP contribution in [-0.2, 0) is 0 Å². The first-order valence-corrected chi connectivity index (χ1v) is 3.01. The Kier molecular flexibility index (Phi) is 1.78. The highest BCUT2D eigenvalue weighted by Crippen LogP contribution is 2.13. The van der Waals surface area contributed by atoms with Gasteiger partial charge in [-0.1, -0.05) is 0 Å². The molecule has 1 rings (SSSR count). The van der Waals surface area contributed by atoms with E-state index in [1.54, 1.807) is 6.26 Å². The van der Waals surface area contributed by atoms with Gasteiger partial charge in [0.05, 0.1) is 6.61 Å². The van der Waals surface area contributed by atoms with E-state index in [9.17, 15) is 0 Å². The zero-order valence-corrected chi connectivity index (χ0v) is 5.68. The maximum atomic E-state index is 5.13. The quantitative estimate of drug-likeness (QED) is 0.604. The lowest BCUT2D eigenvalue weighted by Crippen LogP contribution is -1.87. The van der Waals surface area contributed by atoms with Gasteiger partial charge in [-0.05, 0) is 13.8 Å². The minimum atomic E-state index is 0.693. The van der Waals surface area contributed by atoms with Gasteiger partial charge >= 0.3 is 0 Å². The van der Waals surface area contributed by atoms with Gasteiger partial charge in [0.1, 0.15) is 12.0 Å². The van der Waals surface area contributed by atoms with Gasteiger partial charge in [-0.25, -0.2) is 0 Å². The molecule has 0 aliphatic carbocycles. The highest BCUT2D eigenvalue weighted by molar-refractivity contribution is 5.18. The van der Waals surface area contributed by atoms with Crippen LogP contribution in [0.15, 0.2) is 16.7 Å². The van der Waals surface area contributed by atoms with Crippen LogP contribution in [-0.4, -0.2) is 6.61 Å². The van der Waals surface area contributed by atoms with E-state index < -0.39 is 0 Å². The summed E-state index contributed by atoms with van der Waals surface area (Å²) in [5, 5.41) is 0. The Labute approximate surface area is 54.4 Å². The van der Waals surface area contributed by atoms with Gasteiger partial charge in [0, 0.05) is 6.07 Å². The molecule has 2 heteroatoms. The van der Waals surface area contributed by atoms with Gasteiger partial charge in [-0.15, -0.1) is 0 Å². The van der Waals surface area contributed by atoms with Crippen LogP contribution in [0.4, 0.5) is 0 Å². The Hall–Kier alpha value is -0.920. The van der Waals surface area contributed by atoms with Crippen molar-refractivity contribution in [3.8, 4) is 5.75 Å². The lowest BCUT2D eigenvalue weighted by Gasteiger charge is -1.93. The van der Waals surface area contributed by atoms with Gasteiger partial charge in [-0.2, -0.15) is 0 Å². The average Bonchev–Trinajstić information content (AvgIpc) is 2.17. The fraction of sp³-hybridized carbons (Fsp3) is 0.429. The Bertz CT molecular complexity index is 179. The molecule has 0 unspecified atom stereocenters. The molecule has 0 spiro atoms. The third-order valence-corrected chi connectivity index (χ3v) is 1.02. The van der Waals surface area contributed by atoms with E-state index >= 15 is 0 Å². The first-order chi connectivity index (χ1) is 4.33. The molecule has 1 aromatic heterocycles. The molecule has 0 radical (unpaired) electrons. The summed E-state index contributed by atoms with van der Waals surface area (Å²) in [6.07, 6.45) is 1.61. The summed E-state index contributed by atoms with van der Waals surface area (Å²) in [5.74, 6) is 1.70. The maximum Gasteiger partial charge on any atom is 0.157 e. The lowest BCUT2D eigenvalue weighted by atomic mass is 10.5. The van der Waals surface area contributed by atoms with Crippen molar-refractivity contribution in [3.05, 3.63) is 18.1 Å². The predicted octanol–water partition coefficient (Wildman–Crippen LogP) is 1.99. The van der Waals surface area contributed by atoms with Gasteiger partial charge in [0.2, 0.25) is 0 Å². The standard InChI is InChI=1S/C7H10O2/c1-3-8-7-4-6(2)9-5-7/h4-5H,3H2,1-2H3. The monoisotopic (exact) mass is 126 g/mol. The molecular formula is C7H10O2. The molecule has 50 valence electrons. The Balaban J connectivity index is 2.61. The van der Waals surface area contributed by atoms with Gasteiger partial charge in [-0.3, -0.25) is 0 Å². The van der Waals surface area contributed by atoms with E-state index in [-0.39, 0.29) is 0 Å². The second-order valence-electron chi connectivity index (χ2n) is 1.83. The molecular weight excluding hydrogens is 116 g/mol. The lowest BCUT2D eigenvalue weighted by molar-refractivity contribution is 0.335. The first kappa shape index (κ1) is 6.20. The summed E-state index contributed by atoms with van der Waals surface area (Å²) < 4.78 is 10.1. The van der Waals surface area contributed by atoms with E-state index in [0.717, 1.165) is 11.5 Å². The highest BCUT2D eigenvalue weighted by atomic mass is 16.5. The van der Waals surface area contributed by atoms with Crippen LogP contribution in [0.2, 0.25) is 0 Å². The number of aryl methyl sites for hydroxylation is 1. The topological polar surface area (TPSA) is 22.4 Å². The fourth-order valence-electron chi connectivity index (χ4n) is 0.662. The van der Waals surface area contributed by atoms with Crippen molar-refractivity contribution < 1.29 is 9.15 Å². The largest absolute Gasteiger partial charge is 0.491 e. The Morgan fingerprint density at radius 2 is 2.44 bits per heavy atom. The number of rotatable bonds is 2. The summed E-state index contributed by atoms with van der Waals surface area (Å²) >= 11 is 0. The molecule has 0 bridgehead atoms. The Morgan fingerprint density at radius 1 is 1.67 bits per heavy atom. The summed E-state index contributed by atoms with van der Waals surface area (Å²) in [6, 6.07) is 1.86. The molecule has 0 saturated carbocycles. The average molecular weight is 126 g/mol. The van der Waals surface area contributed by atoms with E-state index in [2.05, 4.69) is 0 Å². The molecule has 1 aromatic rings. The number of furan rings is 1. The fourth-order valence-corrected chi connectivity index (χ4v) is 0.662. The third-order valence-electron chi connectivity index (χ3n) is 1.02. The third kappa shape index (κ3) is 1.49. The van der Waals surface area contributed by atoms with Crippen molar-refractivity contribution in [1.29, 1.82) is 0 Å². The molecule has 1 heterocycles. The normalized spacial score (nSPS) is 9.56. The zero-order valence-electron chi connectivity index (χ0n) is 5.68. The molecule has 0 aliphatic rings. The molecule has 0 atom stereocenters. The molecule has 9 heavy (non-hydrogen) atoms. The second-order valence-corrected chi connectivity index (χ2v) is 1.83. The molecule has 0 N–H and O–H groups in total. The van der Waals surface area contributed by atoms with Crippen LogP contribution < -0.4 is 4.74 Å². The van der Waals surface area contributed by atoms with Crippen molar-refractivity contribution in [2.24, 2.45) is 0 Å². The van der Waals surface area contributed by atoms with Crippen molar-refractivity contribution in [2.75, 3.05) is 6.61 Å². The molecule has 0 aromatic carbocycles. The number of hydrogen-bond acceptors (Lipinski definition) is 2.